The molecule has 0 saturated carbocycles. The lowest BCUT2D eigenvalue weighted by molar-refractivity contribution is -0.817. The molecule has 0 spiro atoms. The van der Waals surface area contributed by atoms with Crippen LogP contribution in [0.25, 0.3) is 0 Å². The number of carbonyl (C=O) groups is 1. The summed E-state index contributed by atoms with van der Waals surface area (Å²) in [6.07, 6.45) is 2.91. The van der Waals surface area contributed by atoms with Gasteiger partial charge in [-0.1, -0.05) is 6.92 Å². The average Bonchev–Trinajstić information content (AvgIpc) is 1.96. The Bertz CT molecular complexity index is 201. The molecular formula is C10H21N2O+. The maximum Gasteiger partial charge on any atom is 0.252 e. The second-order valence-electron chi connectivity index (χ2n) is 4.18. The quantitative estimate of drug-likeness (QED) is 0.516. The van der Waals surface area contributed by atoms with E-state index in [1.165, 1.54) is 0 Å². The molecule has 3 heteroatoms. The van der Waals surface area contributed by atoms with E-state index in [2.05, 4.69) is 5.32 Å². The summed E-state index contributed by atoms with van der Waals surface area (Å²) < 4.78 is 0.672. The van der Waals surface area contributed by atoms with Gasteiger partial charge >= 0.3 is 0 Å². The minimum Gasteiger partial charge on any atom is -0.352 e. The third-order valence-electron chi connectivity index (χ3n) is 1.47. The van der Waals surface area contributed by atoms with Gasteiger partial charge in [-0.3, -0.25) is 4.79 Å². The van der Waals surface area contributed by atoms with E-state index in [4.69, 9.17) is 0 Å². The largest absolute Gasteiger partial charge is 0.352 e. The standard InChI is InChI=1S/C10H20N2O/c1-6-7-11-10(13)9(2)8-12(3,4)5/h8H,6-7H2,1-5H3/p+1. The molecule has 0 aromatic rings. The van der Waals surface area contributed by atoms with E-state index in [9.17, 15) is 4.79 Å². The van der Waals surface area contributed by atoms with Crippen LogP contribution in [0.4, 0.5) is 0 Å². The first-order valence-electron chi connectivity index (χ1n) is 4.65. The van der Waals surface area contributed by atoms with Crippen LogP contribution in [0.1, 0.15) is 20.3 Å². The van der Waals surface area contributed by atoms with Gasteiger partial charge in [-0.2, -0.15) is 0 Å². The molecule has 0 rings (SSSR count). The summed E-state index contributed by atoms with van der Waals surface area (Å²) in [4.78, 5) is 11.4. The molecule has 0 radical (unpaired) electrons. The molecule has 0 aliphatic rings. The Hall–Kier alpha value is -0.830. The summed E-state index contributed by atoms with van der Waals surface area (Å²) >= 11 is 0. The summed E-state index contributed by atoms with van der Waals surface area (Å²) in [6, 6.07) is 0. The van der Waals surface area contributed by atoms with Crippen LogP contribution in [-0.4, -0.2) is 38.1 Å². The lowest BCUT2D eigenvalue weighted by Gasteiger charge is -2.18. The van der Waals surface area contributed by atoms with Crippen LogP contribution in [0.15, 0.2) is 11.8 Å². The SMILES string of the molecule is CCCNC(=O)C(C)=C[N+](C)(C)C. The number of quaternary nitrogens is 1. The number of rotatable bonds is 4. The predicted octanol–water partition coefficient (Wildman–Crippen LogP) is 1.12. The Labute approximate surface area is 81.0 Å². The zero-order valence-corrected chi connectivity index (χ0v) is 9.35. The fourth-order valence-electron chi connectivity index (χ4n) is 1.02. The Morgan fingerprint density at radius 2 is 1.92 bits per heavy atom. The van der Waals surface area contributed by atoms with E-state index in [0.29, 0.717) is 4.48 Å². The Morgan fingerprint density at radius 3 is 2.31 bits per heavy atom. The first kappa shape index (κ1) is 12.2. The van der Waals surface area contributed by atoms with Gasteiger partial charge in [-0.25, -0.2) is 0 Å². The number of amides is 1. The fourth-order valence-corrected chi connectivity index (χ4v) is 1.02. The van der Waals surface area contributed by atoms with Crippen molar-refractivity contribution < 1.29 is 9.28 Å². The van der Waals surface area contributed by atoms with Gasteiger partial charge in [0.15, 0.2) is 0 Å². The molecule has 1 amide bonds. The van der Waals surface area contributed by atoms with Crippen LogP contribution in [0.5, 0.6) is 0 Å². The van der Waals surface area contributed by atoms with Gasteiger partial charge in [0.2, 0.25) is 0 Å². The highest BCUT2D eigenvalue weighted by Crippen LogP contribution is 1.99. The van der Waals surface area contributed by atoms with Gasteiger partial charge in [0, 0.05) is 6.54 Å². The molecule has 0 aromatic carbocycles. The van der Waals surface area contributed by atoms with E-state index in [0.717, 1.165) is 18.5 Å². The van der Waals surface area contributed by atoms with Gasteiger partial charge in [-0.05, 0) is 13.3 Å². The van der Waals surface area contributed by atoms with E-state index in [1.807, 2.05) is 41.2 Å². The minimum absolute atomic E-state index is 0.0369. The number of nitrogens with zero attached hydrogens (tertiary/aromatic N) is 1. The van der Waals surface area contributed by atoms with Gasteiger partial charge < -0.3 is 9.80 Å². The molecule has 0 heterocycles. The predicted molar refractivity (Wildman–Crippen MR) is 55.1 cm³/mol. The summed E-state index contributed by atoms with van der Waals surface area (Å²) in [5, 5.41) is 2.84. The zero-order chi connectivity index (χ0) is 10.5. The second kappa shape index (κ2) is 5.02. The van der Waals surface area contributed by atoms with E-state index in [-0.39, 0.29) is 5.91 Å². The molecule has 1 N–H and O–H groups in total. The van der Waals surface area contributed by atoms with Crippen molar-refractivity contribution >= 4 is 5.91 Å². The van der Waals surface area contributed by atoms with Gasteiger partial charge in [0.25, 0.3) is 5.91 Å². The molecule has 0 saturated heterocycles. The molecule has 0 aromatic heterocycles. The van der Waals surface area contributed by atoms with Crippen LogP contribution in [-0.2, 0) is 4.79 Å². The molecule has 0 aliphatic carbocycles. The van der Waals surface area contributed by atoms with Crippen molar-refractivity contribution in [2.75, 3.05) is 27.7 Å². The van der Waals surface area contributed by atoms with E-state index in [1.54, 1.807) is 0 Å². The molecule has 0 atom stereocenters. The fraction of sp³-hybridized carbons (Fsp3) is 0.700. The van der Waals surface area contributed by atoms with Crippen molar-refractivity contribution in [3.8, 4) is 0 Å². The molecule has 0 fully saturated rings. The Morgan fingerprint density at radius 1 is 1.38 bits per heavy atom. The number of hydrogen-bond donors (Lipinski definition) is 1. The number of carbonyl (C=O) groups excluding carboxylic acids is 1. The number of hydrogen-bond acceptors (Lipinski definition) is 1. The maximum atomic E-state index is 11.4. The van der Waals surface area contributed by atoms with Crippen molar-refractivity contribution in [3.05, 3.63) is 11.8 Å². The first-order chi connectivity index (χ1) is 5.87. The van der Waals surface area contributed by atoms with Crippen LogP contribution < -0.4 is 5.32 Å². The summed E-state index contributed by atoms with van der Waals surface area (Å²) in [6.45, 7) is 4.63. The summed E-state index contributed by atoms with van der Waals surface area (Å²) in [5.41, 5.74) is 0.779. The van der Waals surface area contributed by atoms with Crippen LogP contribution >= 0.6 is 0 Å². The number of nitrogens with one attached hydrogen (secondary N) is 1. The van der Waals surface area contributed by atoms with E-state index < -0.39 is 0 Å². The zero-order valence-electron chi connectivity index (χ0n) is 9.35. The molecular weight excluding hydrogens is 164 g/mol. The van der Waals surface area contributed by atoms with Crippen molar-refractivity contribution in [2.45, 2.75) is 20.3 Å². The summed E-state index contributed by atoms with van der Waals surface area (Å²) in [7, 11) is 6.07. The van der Waals surface area contributed by atoms with Crippen LogP contribution in [0.2, 0.25) is 0 Å². The topological polar surface area (TPSA) is 29.1 Å². The van der Waals surface area contributed by atoms with Gasteiger partial charge in [-0.15, -0.1) is 0 Å². The second-order valence-corrected chi connectivity index (χ2v) is 4.18. The molecule has 0 unspecified atom stereocenters. The maximum absolute atomic E-state index is 11.4. The van der Waals surface area contributed by atoms with Gasteiger partial charge in [0.1, 0.15) is 6.20 Å². The minimum atomic E-state index is 0.0369. The van der Waals surface area contributed by atoms with Crippen LogP contribution in [0, 0.1) is 0 Å². The molecule has 3 nitrogen and oxygen atoms in total. The lowest BCUT2D eigenvalue weighted by atomic mass is 10.3. The monoisotopic (exact) mass is 185 g/mol. The average molecular weight is 185 g/mol. The molecule has 13 heavy (non-hydrogen) atoms. The lowest BCUT2D eigenvalue weighted by Crippen LogP contribution is -2.31. The Balaban J connectivity index is 4.17. The van der Waals surface area contributed by atoms with Crippen molar-refractivity contribution in [1.29, 1.82) is 0 Å². The van der Waals surface area contributed by atoms with Gasteiger partial charge in [0.05, 0.1) is 26.7 Å². The normalized spacial score (nSPS) is 12.8. The van der Waals surface area contributed by atoms with E-state index >= 15 is 0 Å². The first-order valence-corrected chi connectivity index (χ1v) is 4.65. The third-order valence-corrected chi connectivity index (χ3v) is 1.47. The highest BCUT2D eigenvalue weighted by molar-refractivity contribution is 5.92. The molecule has 76 valence electrons. The van der Waals surface area contributed by atoms with Crippen molar-refractivity contribution in [3.63, 3.8) is 0 Å². The van der Waals surface area contributed by atoms with Crippen LogP contribution in [0.3, 0.4) is 0 Å². The molecule has 0 aliphatic heterocycles. The highest BCUT2D eigenvalue weighted by Gasteiger charge is 2.09. The molecule has 0 bridgehead atoms. The summed E-state index contributed by atoms with van der Waals surface area (Å²) in [5.74, 6) is 0.0369. The Kier molecular flexibility index (Phi) is 4.70. The van der Waals surface area contributed by atoms with Crippen molar-refractivity contribution in [1.82, 2.24) is 5.32 Å². The smallest absolute Gasteiger partial charge is 0.252 e. The highest BCUT2D eigenvalue weighted by atomic mass is 16.1. The van der Waals surface area contributed by atoms with Crippen molar-refractivity contribution in [2.24, 2.45) is 0 Å². The third kappa shape index (κ3) is 6.34.